The molecule has 5 nitrogen and oxygen atoms in total. The summed E-state index contributed by atoms with van der Waals surface area (Å²) in [5.41, 5.74) is 0. The zero-order chi connectivity index (χ0) is 14.8. The number of hydrogen-bond acceptors (Lipinski definition) is 5. The van der Waals surface area contributed by atoms with Crippen LogP contribution in [0.2, 0.25) is 0 Å². The molecule has 2 heterocycles. The van der Waals surface area contributed by atoms with Crippen molar-refractivity contribution in [1.29, 1.82) is 0 Å². The molecule has 2 fully saturated rings. The fraction of sp³-hybridized carbons (Fsp3) is 0.688. The first-order valence-electron chi connectivity index (χ1n) is 7.65. The van der Waals surface area contributed by atoms with Gasteiger partial charge in [0.1, 0.15) is 11.5 Å². The molecule has 0 aromatic carbocycles. The summed E-state index contributed by atoms with van der Waals surface area (Å²) < 4.78 is 16.3. The number of morpholine rings is 1. The summed E-state index contributed by atoms with van der Waals surface area (Å²) in [4.78, 5) is 13.6. The van der Waals surface area contributed by atoms with Crippen LogP contribution in [0.4, 0.5) is 0 Å². The molecule has 0 radical (unpaired) electrons. The van der Waals surface area contributed by atoms with Crippen LogP contribution in [0.3, 0.4) is 0 Å². The zero-order valence-electron chi connectivity index (χ0n) is 12.7. The number of methoxy groups -OCH3 is 1. The van der Waals surface area contributed by atoms with Gasteiger partial charge in [-0.25, -0.2) is 0 Å². The molecule has 2 aliphatic rings. The molecule has 1 saturated heterocycles. The highest BCUT2D eigenvalue weighted by Gasteiger charge is 2.36. The first-order valence-corrected chi connectivity index (χ1v) is 7.65. The van der Waals surface area contributed by atoms with Crippen molar-refractivity contribution in [1.82, 2.24) is 4.90 Å². The predicted octanol–water partition coefficient (Wildman–Crippen LogP) is 2.17. The van der Waals surface area contributed by atoms with Crippen molar-refractivity contribution in [2.75, 3.05) is 26.8 Å². The Labute approximate surface area is 125 Å². The van der Waals surface area contributed by atoms with E-state index in [1.54, 1.807) is 0 Å². The number of hydrogen-bond donors (Lipinski definition) is 0. The number of nitrogens with zero attached hydrogens (tertiary/aromatic N) is 1. The molecule has 1 aromatic rings. The molecule has 3 rings (SSSR count). The minimum atomic E-state index is -0.218. The van der Waals surface area contributed by atoms with Gasteiger partial charge >= 0.3 is 5.97 Å². The van der Waals surface area contributed by atoms with Crippen LogP contribution in [-0.4, -0.2) is 43.8 Å². The van der Waals surface area contributed by atoms with Crippen molar-refractivity contribution < 1.29 is 18.7 Å². The monoisotopic (exact) mass is 293 g/mol. The second-order valence-electron chi connectivity index (χ2n) is 6.13. The Kier molecular flexibility index (Phi) is 4.31. The first-order chi connectivity index (χ1) is 10.2. The maximum absolute atomic E-state index is 11.3. The van der Waals surface area contributed by atoms with E-state index in [4.69, 9.17) is 13.9 Å². The molecule has 1 aromatic heterocycles. The number of rotatable bonds is 5. The van der Waals surface area contributed by atoms with E-state index in [1.165, 1.54) is 13.5 Å². The SMILES string of the molecule is COC(=O)CC1CN(Cc2ccc(C3CC3C)o2)CCO1. The van der Waals surface area contributed by atoms with E-state index in [0.29, 0.717) is 18.9 Å². The molecule has 0 N–H and O–H groups in total. The topological polar surface area (TPSA) is 51.9 Å². The van der Waals surface area contributed by atoms with Gasteiger partial charge in [-0.3, -0.25) is 9.69 Å². The van der Waals surface area contributed by atoms with Crippen LogP contribution in [0, 0.1) is 5.92 Å². The maximum atomic E-state index is 11.3. The Morgan fingerprint density at radius 3 is 3.00 bits per heavy atom. The van der Waals surface area contributed by atoms with E-state index in [1.807, 2.05) is 0 Å². The highest BCUT2D eigenvalue weighted by Crippen LogP contribution is 2.47. The van der Waals surface area contributed by atoms with Gasteiger partial charge in [0.2, 0.25) is 0 Å². The van der Waals surface area contributed by atoms with Gasteiger partial charge in [-0.1, -0.05) is 6.92 Å². The van der Waals surface area contributed by atoms with Gasteiger partial charge in [-0.05, 0) is 24.5 Å². The van der Waals surface area contributed by atoms with Crippen LogP contribution in [0.15, 0.2) is 16.5 Å². The molecule has 3 atom stereocenters. The third-order valence-corrected chi connectivity index (χ3v) is 4.38. The maximum Gasteiger partial charge on any atom is 0.308 e. The van der Waals surface area contributed by atoms with E-state index in [2.05, 4.69) is 24.0 Å². The van der Waals surface area contributed by atoms with Crippen LogP contribution in [-0.2, 0) is 20.8 Å². The lowest BCUT2D eigenvalue weighted by molar-refractivity contribution is -0.145. The Hall–Kier alpha value is -1.33. The van der Waals surface area contributed by atoms with E-state index < -0.39 is 0 Å². The molecule has 5 heteroatoms. The van der Waals surface area contributed by atoms with Crippen molar-refractivity contribution in [3.8, 4) is 0 Å². The fourth-order valence-corrected chi connectivity index (χ4v) is 2.93. The molecule has 0 amide bonds. The van der Waals surface area contributed by atoms with Crippen LogP contribution >= 0.6 is 0 Å². The second-order valence-corrected chi connectivity index (χ2v) is 6.13. The lowest BCUT2D eigenvalue weighted by Crippen LogP contribution is -2.42. The molecule has 3 unspecified atom stereocenters. The van der Waals surface area contributed by atoms with Crippen molar-refractivity contribution in [3.63, 3.8) is 0 Å². The highest BCUT2D eigenvalue weighted by molar-refractivity contribution is 5.69. The quantitative estimate of drug-likeness (QED) is 0.779. The average molecular weight is 293 g/mol. The molecule has 0 spiro atoms. The normalized spacial score (nSPS) is 29.3. The van der Waals surface area contributed by atoms with Gasteiger partial charge in [0.05, 0.1) is 32.8 Å². The van der Waals surface area contributed by atoms with Crippen LogP contribution in [0.1, 0.15) is 37.2 Å². The Morgan fingerprint density at radius 2 is 2.29 bits per heavy atom. The molecular weight excluding hydrogens is 270 g/mol. The lowest BCUT2D eigenvalue weighted by Gasteiger charge is -2.31. The first kappa shape index (κ1) is 14.6. The third kappa shape index (κ3) is 3.66. The molecule has 1 aliphatic heterocycles. The summed E-state index contributed by atoms with van der Waals surface area (Å²) in [6.07, 6.45) is 1.48. The summed E-state index contributed by atoms with van der Waals surface area (Å²) in [5.74, 6) is 3.29. The number of furan rings is 1. The Balaban J connectivity index is 1.52. The summed E-state index contributed by atoms with van der Waals surface area (Å²) in [5, 5.41) is 0. The van der Waals surface area contributed by atoms with E-state index in [-0.39, 0.29) is 12.1 Å². The minimum absolute atomic E-state index is 0.0795. The van der Waals surface area contributed by atoms with Gasteiger partial charge in [0, 0.05) is 19.0 Å². The standard InChI is InChI=1S/C16H23NO4/c1-11-7-14(11)15-4-3-12(21-15)9-17-5-6-20-13(10-17)8-16(18)19-2/h3-4,11,13-14H,5-10H2,1-2H3. The summed E-state index contributed by atoms with van der Waals surface area (Å²) in [6.45, 7) is 5.29. The lowest BCUT2D eigenvalue weighted by atomic mass is 10.2. The van der Waals surface area contributed by atoms with Gasteiger partial charge in [0.15, 0.2) is 0 Å². The van der Waals surface area contributed by atoms with E-state index >= 15 is 0 Å². The van der Waals surface area contributed by atoms with Crippen LogP contribution in [0.5, 0.6) is 0 Å². The molecule has 21 heavy (non-hydrogen) atoms. The third-order valence-electron chi connectivity index (χ3n) is 4.38. The largest absolute Gasteiger partial charge is 0.469 e. The number of carbonyl (C=O) groups excluding carboxylic acids is 1. The van der Waals surface area contributed by atoms with Crippen LogP contribution in [0.25, 0.3) is 0 Å². The summed E-state index contributed by atoms with van der Waals surface area (Å²) in [6, 6.07) is 4.18. The van der Waals surface area contributed by atoms with Crippen molar-refractivity contribution >= 4 is 5.97 Å². The molecule has 1 aliphatic carbocycles. The number of carbonyl (C=O) groups is 1. The highest BCUT2D eigenvalue weighted by atomic mass is 16.5. The van der Waals surface area contributed by atoms with Gasteiger partial charge in [0.25, 0.3) is 0 Å². The average Bonchev–Trinajstić information content (AvgIpc) is 3.02. The molecule has 0 bridgehead atoms. The molecule has 116 valence electrons. The van der Waals surface area contributed by atoms with Gasteiger partial charge in [-0.15, -0.1) is 0 Å². The smallest absolute Gasteiger partial charge is 0.308 e. The summed E-state index contributed by atoms with van der Waals surface area (Å²) >= 11 is 0. The Morgan fingerprint density at radius 1 is 1.48 bits per heavy atom. The number of ether oxygens (including phenoxy) is 2. The second kappa shape index (κ2) is 6.20. The minimum Gasteiger partial charge on any atom is -0.469 e. The Bertz CT molecular complexity index is 498. The van der Waals surface area contributed by atoms with E-state index in [0.717, 1.165) is 37.1 Å². The molecular formula is C16H23NO4. The van der Waals surface area contributed by atoms with Crippen molar-refractivity contribution in [2.24, 2.45) is 5.92 Å². The zero-order valence-corrected chi connectivity index (χ0v) is 12.7. The van der Waals surface area contributed by atoms with Crippen molar-refractivity contribution in [2.45, 2.75) is 38.3 Å². The van der Waals surface area contributed by atoms with Gasteiger partial charge < -0.3 is 13.9 Å². The fourth-order valence-electron chi connectivity index (χ4n) is 2.93. The molecule has 1 saturated carbocycles. The van der Waals surface area contributed by atoms with Crippen LogP contribution < -0.4 is 0 Å². The van der Waals surface area contributed by atoms with E-state index in [9.17, 15) is 4.79 Å². The van der Waals surface area contributed by atoms with Crippen molar-refractivity contribution in [3.05, 3.63) is 23.7 Å². The van der Waals surface area contributed by atoms with Gasteiger partial charge in [-0.2, -0.15) is 0 Å². The number of esters is 1. The predicted molar refractivity (Wildman–Crippen MR) is 76.9 cm³/mol. The summed E-state index contributed by atoms with van der Waals surface area (Å²) in [7, 11) is 1.41.